The summed E-state index contributed by atoms with van der Waals surface area (Å²) in [6.07, 6.45) is 2.22. The van der Waals surface area contributed by atoms with Crippen molar-refractivity contribution in [3.8, 4) is 0 Å². The van der Waals surface area contributed by atoms with Crippen molar-refractivity contribution in [2.24, 2.45) is 0 Å². The molecule has 0 aliphatic carbocycles. The third-order valence-electron chi connectivity index (χ3n) is 4.83. The van der Waals surface area contributed by atoms with Gasteiger partial charge in [0.15, 0.2) is 4.77 Å². The number of ether oxygens (including phenoxy) is 1. The Balaban J connectivity index is 1.38. The van der Waals surface area contributed by atoms with Crippen LogP contribution < -0.4 is 10.6 Å². The van der Waals surface area contributed by atoms with E-state index in [4.69, 9.17) is 17.0 Å². The monoisotopic (exact) mass is 394 g/mol. The SMILES string of the molecule is O=C(NCC1CCCO1)c1ccc(CNc2nc(=S)[nH]c3ccccc23)cc1. The minimum atomic E-state index is -0.0722. The number of aromatic amines is 1. The zero-order valence-electron chi connectivity index (χ0n) is 15.4. The van der Waals surface area contributed by atoms with Crippen molar-refractivity contribution < 1.29 is 9.53 Å². The average molecular weight is 395 g/mol. The number of H-pyrrole nitrogens is 1. The minimum Gasteiger partial charge on any atom is -0.376 e. The van der Waals surface area contributed by atoms with Crippen molar-refractivity contribution in [2.45, 2.75) is 25.5 Å². The molecule has 2 heterocycles. The van der Waals surface area contributed by atoms with E-state index < -0.39 is 0 Å². The Morgan fingerprint density at radius 2 is 2.04 bits per heavy atom. The number of anilines is 1. The standard InChI is InChI=1S/C21H22N4O2S/c26-20(23-13-16-4-3-11-27-16)15-9-7-14(8-10-15)12-22-19-17-5-1-2-6-18(17)24-21(28)25-19/h1-2,5-10,16H,3-4,11-13H2,(H,23,26)(H2,22,24,25,28). The van der Waals surface area contributed by atoms with Crippen molar-refractivity contribution in [1.29, 1.82) is 0 Å². The van der Waals surface area contributed by atoms with E-state index in [1.807, 2.05) is 48.5 Å². The lowest BCUT2D eigenvalue weighted by Gasteiger charge is -2.11. The van der Waals surface area contributed by atoms with Crippen LogP contribution in [-0.4, -0.2) is 35.1 Å². The molecule has 0 bridgehead atoms. The van der Waals surface area contributed by atoms with E-state index in [1.165, 1.54) is 0 Å². The molecule has 1 saturated heterocycles. The lowest BCUT2D eigenvalue weighted by Crippen LogP contribution is -2.31. The van der Waals surface area contributed by atoms with Gasteiger partial charge < -0.3 is 20.4 Å². The Morgan fingerprint density at radius 3 is 2.82 bits per heavy atom. The first-order valence-corrected chi connectivity index (χ1v) is 9.81. The van der Waals surface area contributed by atoms with Crippen molar-refractivity contribution in [2.75, 3.05) is 18.5 Å². The summed E-state index contributed by atoms with van der Waals surface area (Å²) < 4.78 is 5.98. The van der Waals surface area contributed by atoms with Gasteiger partial charge in [-0.05, 0) is 54.9 Å². The Hall–Kier alpha value is -2.77. The summed E-state index contributed by atoms with van der Waals surface area (Å²) in [4.78, 5) is 19.8. The number of hydrogen-bond donors (Lipinski definition) is 3. The van der Waals surface area contributed by atoms with E-state index in [2.05, 4.69) is 20.6 Å². The number of amides is 1. The van der Waals surface area contributed by atoms with E-state index in [0.29, 0.717) is 23.4 Å². The van der Waals surface area contributed by atoms with Crippen LogP contribution in [0.1, 0.15) is 28.8 Å². The first-order valence-electron chi connectivity index (χ1n) is 9.41. The summed E-state index contributed by atoms with van der Waals surface area (Å²) in [5.41, 5.74) is 2.65. The second-order valence-corrected chi connectivity index (χ2v) is 7.22. The number of para-hydroxylation sites is 1. The van der Waals surface area contributed by atoms with Gasteiger partial charge in [0, 0.05) is 30.6 Å². The highest BCUT2D eigenvalue weighted by molar-refractivity contribution is 7.71. The molecule has 1 amide bonds. The normalized spacial score (nSPS) is 16.2. The van der Waals surface area contributed by atoms with Gasteiger partial charge in [-0.25, -0.2) is 4.98 Å². The van der Waals surface area contributed by atoms with E-state index in [1.54, 1.807) is 0 Å². The van der Waals surface area contributed by atoms with E-state index in [9.17, 15) is 4.79 Å². The van der Waals surface area contributed by atoms with Crippen molar-refractivity contribution in [1.82, 2.24) is 15.3 Å². The van der Waals surface area contributed by atoms with Gasteiger partial charge in [0.1, 0.15) is 5.82 Å². The third-order valence-corrected chi connectivity index (χ3v) is 5.02. The number of carbonyl (C=O) groups is 1. The molecule has 1 atom stereocenters. The maximum atomic E-state index is 12.3. The number of carbonyl (C=O) groups excluding carboxylic acids is 1. The fraction of sp³-hybridized carbons (Fsp3) is 0.286. The lowest BCUT2D eigenvalue weighted by molar-refractivity contribution is 0.0858. The molecule has 7 heteroatoms. The summed E-state index contributed by atoms with van der Waals surface area (Å²) in [7, 11) is 0. The van der Waals surface area contributed by atoms with Crippen molar-refractivity contribution in [3.63, 3.8) is 0 Å². The molecule has 1 unspecified atom stereocenters. The van der Waals surface area contributed by atoms with Crippen molar-refractivity contribution >= 4 is 34.8 Å². The largest absolute Gasteiger partial charge is 0.376 e. The van der Waals surface area contributed by atoms with Gasteiger partial charge in [-0.3, -0.25) is 4.79 Å². The second-order valence-electron chi connectivity index (χ2n) is 6.83. The van der Waals surface area contributed by atoms with Crippen LogP contribution in [0.2, 0.25) is 0 Å². The third kappa shape index (κ3) is 4.37. The molecule has 2 aromatic carbocycles. The van der Waals surface area contributed by atoms with Crippen LogP contribution in [0.15, 0.2) is 48.5 Å². The fourth-order valence-corrected chi connectivity index (χ4v) is 3.51. The number of rotatable bonds is 6. The molecule has 6 nitrogen and oxygen atoms in total. The number of aromatic nitrogens is 2. The summed E-state index contributed by atoms with van der Waals surface area (Å²) in [5.74, 6) is 0.676. The van der Waals surface area contributed by atoms with Crippen molar-refractivity contribution in [3.05, 3.63) is 64.4 Å². The summed E-state index contributed by atoms with van der Waals surface area (Å²) in [6, 6.07) is 15.5. The fourth-order valence-electron chi connectivity index (χ4n) is 3.31. The van der Waals surface area contributed by atoms with Crippen LogP contribution in [0.25, 0.3) is 10.9 Å². The zero-order chi connectivity index (χ0) is 19.3. The lowest BCUT2D eigenvalue weighted by atomic mass is 10.1. The van der Waals surface area contributed by atoms with E-state index in [0.717, 1.165) is 41.7 Å². The van der Waals surface area contributed by atoms with Crippen LogP contribution in [-0.2, 0) is 11.3 Å². The van der Waals surface area contributed by atoms with Crippen LogP contribution >= 0.6 is 12.2 Å². The molecule has 1 aliphatic heterocycles. The molecule has 0 spiro atoms. The number of benzene rings is 2. The molecular weight excluding hydrogens is 372 g/mol. The predicted octanol–water partition coefficient (Wildman–Crippen LogP) is 3.81. The smallest absolute Gasteiger partial charge is 0.251 e. The number of nitrogens with zero attached hydrogens (tertiary/aromatic N) is 1. The molecule has 3 aromatic rings. The highest BCUT2D eigenvalue weighted by Crippen LogP contribution is 2.20. The first-order chi connectivity index (χ1) is 13.7. The molecule has 1 aromatic heterocycles. The predicted molar refractivity (Wildman–Crippen MR) is 112 cm³/mol. The highest BCUT2D eigenvalue weighted by atomic mass is 32.1. The van der Waals surface area contributed by atoms with E-state index >= 15 is 0 Å². The minimum absolute atomic E-state index is 0.0722. The molecule has 144 valence electrons. The average Bonchev–Trinajstić information content (AvgIpc) is 3.24. The van der Waals surface area contributed by atoms with Gasteiger partial charge in [-0.15, -0.1) is 0 Å². The molecule has 3 N–H and O–H groups in total. The second kappa shape index (κ2) is 8.50. The molecular formula is C21H22N4O2S. The van der Waals surface area contributed by atoms with Gasteiger partial charge in [-0.2, -0.15) is 0 Å². The molecule has 28 heavy (non-hydrogen) atoms. The number of nitrogens with one attached hydrogen (secondary N) is 3. The summed E-state index contributed by atoms with van der Waals surface area (Å²) >= 11 is 5.21. The number of hydrogen-bond acceptors (Lipinski definition) is 5. The van der Waals surface area contributed by atoms with Gasteiger partial charge in [0.25, 0.3) is 5.91 Å². The Morgan fingerprint density at radius 1 is 1.21 bits per heavy atom. The molecule has 4 rings (SSSR count). The topological polar surface area (TPSA) is 79.0 Å². The molecule has 0 radical (unpaired) electrons. The first kappa shape index (κ1) is 18.6. The number of fused-ring (bicyclic) bond motifs is 1. The Labute approximate surface area is 168 Å². The molecule has 1 fully saturated rings. The van der Waals surface area contributed by atoms with Crippen LogP contribution in [0.5, 0.6) is 0 Å². The summed E-state index contributed by atoms with van der Waals surface area (Å²) in [5, 5.41) is 7.27. The van der Waals surface area contributed by atoms with E-state index in [-0.39, 0.29) is 12.0 Å². The van der Waals surface area contributed by atoms with Gasteiger partial charge in [0.05, 0.1) is 11.6 Å². The molecule has 0 saturated carbocycles. The zero-order valence-corrected chi connectivity index (χ0v) is 16.2. The van der Waals surface area contributed by atoms with Gasteiger partial charge in [0.2, 0.25) is 0 Å². The quantitative estimate of drug-likeness (QED) is 0.554. The highest BCUT2D eigenvalue weighted by Gasteiger charge is 2.16. The maximum Gasteiger partial charge on any atom is 0.251 e. The van der Waals surface area contributed by atoms with Crippen LogP contribution in [0.4, 0.5) is 5.82 Å². The van der Waals surface area contributed by atoms with Crippen LogP contribution in [0.3, 0.4) is 0 Å². The molecule has 1 aliphatic rings. The van der Waals surface area contributed by atoms with Crippen LogP contribution in [0, 0.1) is 4.77 Å². The summed E-state index contributed by atoms with van der Waals surface area (Å²) in [6.45, 7) is 1.95. The van der Waals surface area contributed by atoms with Gasteiger partial charge >= 0.3 is 0 Å². The Kier molecular flexibility index (Phi) is 5.64. The van der Waals surface area contributed by atoms with Gasteiger partial charge in [-0.1, -0.05) is 24.3 Å². The maximum absolute atomic E-state index is 12.3. The Bertz CT molecular complexity index is 1030.